The molecule has 264 valence electrons. The first-order valence-electron chi connectivity index (χ1n) is 17.8. The summed E-state index contributed by atoms with van der Waals surface area (Å²) < 4.78 is 5.57. The van der Waals surface area contributed by atoms with Gasteiger partial charge in [-0.2, -0.15) is 0 Å². The Morgan fingerprint density at radius 3 is 2.33 bits per heavy atom. The third-order valence-electron chi connectivity index (χ3n) is 10.6. The van der Waals surface area contributed by atoms with Crippen molar-refractivity contribution in [3.05, 3.63) is 123 Å². The molecule has 5 heterocycles. The average Bonchev–Trinajstić information content (AvgIpc) is 3.51. The molecule has 0 atom stereocenters. The van der Waals surface area contributed by atoms with Crippen molar-refractivity contribution in [1.82, 2.24) is 4.98 Å². The van der Waals surface area contributed by atoms with Crippen LogP contribution >= 0.6 is 11.3 Å². The monoisotopic (exact) mass is 711 g/mol. The van der Waals surface area contributed by atoms with Crippen molar-refractivity contribution < 1.29 is 19.1 Å². The van der Waals surface area contributed by atoms with E-state index in [2.05, 4.69) is 20.5 Å². The van der Waals surface area contributed by atoms with Crippen molar-refractivity contribution in [1.29, 1.82) is 0 Å². The highest BCUT2D eigenvalue weighted by Crippen LogP contribution is 2.44. The predicted molar refractivity (Wildman–Crippen MR) is 207 cm³/mol. The van der Waals surface area contributed by atoms with Crippen LogP contribution in [-0.4, -0.2) is 55.6 Å². The molecule has 0 saturated carbocycles. The molecule has 8 rings (SSSR count). The molecular formula is C42H41N5O4S. The largest absolute Gasteiger partial charge is 0.381 e. The smallest absolute Gasteiger partial charge is 0.265 e. The maximum Gasteiger partial charge on any atom is 0.265 e. The van der Waals surface area contributed by atoms with E-state index in [9.17, 15) is 14.4 Å². The topological polar surface area (TPSA) is 104 Å². The van der Waals surface area contributed by atoms with Gasteiger partial charge in [0.05, 0.1) is 16.1 Å². The second-order valence-electron chi connectivity index (χ2n) is 14.3. The summed E-state index contributed by atoms with van der Waals surface area (Å²) >= 11 is 1.46. The van der Waals surface area contributed by atoms with Crippen molar-refractivity contribution in [2.24, 2.45) is 5.41 Å². The van der Waals surface area contributed by atoms with E-state index in [1.54, 1.807) is 24.3 Å². The quantitative estimate of drug-likeness (QED) is 0.185. The molecule has 3 aliphatic heterocycles. The maximum absolute atomic E-state index is 14.1. The molecule has 2 aromatic heterocycles. The highest BCUT2D eigenvalue weighted by Gasteiger charge is 2.45. The van der Waals surface area contributed by atoms with Crippen LogP contribution in [0.2, 0.25) is 0 Å². The number of pyridine rings is 1. The lowest BCUT2D eigenvalue weighted by Gasteiger charge is -2.53. The number of amides is 3. The fourth-order valence-electron chi connectivity index (χ4n) is 7.67. The molecule has 0 aliphatic carbocycles. The summed E-state index contributed by atoms with van der Waals surface area (Å²) in [6.07, 6.45) is 4.49. The van der Waals surface area contributed by atoms with E-state index >= 15 is 0 Å². The third-order valence-corrected chi connectivity index (χ3v) is 11.8. The summed E-state index contributed by atoms with van der Waals surface area (Å²) in [5.74, 6) is 0.215. The minimum atomic E-state index is -0.229. The molecule has 2 N–H and O–H groups in total. The van der Waals surface area contributed by atoms with Crippen LogP contribution in [0.5, 0.6) is 0 Å². The number of thiophene rings is 1. The van der Waals surface area contributed by atoms with Crippen LogP contribution in [0.4, 0.5) is 22.9 Å². The van der Waals surface area contributed by atoms with Gasteiger partial charge in [-0.25, -0.2) is 4.98 Å². The third kappa shape index (κ3) is 6.37. The number of ether oxygens (including phenoxy) is 1. The van der Waals surface area contributed by atoms with Crippen molar-refractivity contribution in [3.63, 3.8) is 0 Å². The second kappa shape index (κ2) is 13.7. The van der Waals surface area contributed by atoms with Gasteiger partial charge >= 0.3 is 0 Å². The number of aromatic nitrogens is 1. The van der Waals surface area contributed by atoms with Crippen LogP contribution < -0.4 is 20.4 Å². The van der Waals surface area contributed by atoms with E-state index in [-0.39, 0.29) is 23.1 Å². The van der Waals surface area contributed by atoms with E-state index in [0.717, 1.165) is 83.2 Å². The number of rotatable bonds is 6. The molecule has 2 saturated heterocycles. The molecule has 2 fully saturated rings. The molecule has 0 bridgehead atoms. The lowest BCUT2D eigenvalue weighted by Crippen LogP contribution is -2.59. The van der Waals surface area contributed by atoms with Gasteiger partial charge in [-0.1, -0.05) is 36.4 Å². The molecule has 3 aromatic carbocycles. The highest BCUT2D eigenvalue weighted by molar-refractivity contribution is 7.17. The van der Waals surface area contributed by atoms with Crippen LogP contribution in [0.15, 0.2) is 85.1 Å². The Morgan fingerprint density at radius 1 is 0.846 bits per heavy atom. The lowest BCUT2D eigenvalue weighted by atomic mass is 9.73. The normalized spacial score (nSPS) is 16.0. The Bertz CT molecular complexity index is 2180. The van der Waals surface area contributed by atoms with E-state index in [0.29, 0.717) is 40.5 Å². The SMILES string of the molecule is Cc1cnc(N2CC3(CCOCC3)C2)c(C(=O)Nc2ccc(C(=O)N3CCc4cc(C(=O)Nc5c(C)cccc5C)sc4-c4ccccc43)cc2)c1. The summed E-state index contributed by atoms with van der Waals surface area (Å²) in [6.45, 7) is 9.71. The summed E-state index contributed by atoms with van der Waals surface area (Å²) in [5, 5.41) is 6.15. The summed E-state index contributed by atoms with van der Waals surface area (Å²) in [4.78, 5) is 51.4. The van der Waals surface area contributed by atoms with Crippen molar-refractivity contribution in [3.8, 4) is 10.4 Å². The number of carbonyl (C=O) groups is 3. The fourth-order valence-corrected chi connectivity index (χ4v) is 8.81. The van der Waals surface area contributed by atoms with Crippen LogP contribution in [-0.2, 0) is 11.2 Å². The van der Waals surface area contributed by atoms with Crippen molar-refractivity contribution >= 4 is 51.9 Å². The van der Waals surface area contributed by atoms with Gasteiger partial charge in [0.15, 0.2) is 0 Å². The van der Waals surface area contributed by atoms with Gasteiger partial charge in [-0.3, -0.25) is 14.4 Å². The van der Waals surface area contributed by atoms with E-state index in [1.807, 2.05) is 86.5 Å². The number of carbonyl (C=O) groups excluding carboxylic acids is 3. The number of fused-ring (bicyclic) bond motifs is 3. The summed E-state index contributed by atoms with van der Waals surface area (Å²) in [7, 11) is 0. The number of nitrogens with one attached hydrogen (secondary N) is 2. The van der Waals surface area contributed by atoms with Crippen LogP contribution in [0, 0.1) is 26.2 Å². The first kappa shape index (κ1) is 33.8. The Kier molecular flexibility index (Phi) is 8.89. The number of anilines is 4. The van der Waals surface area contributed by atoms with E-state index in [1.165, 1.54) is 11.3 Å². The number of para-hydroxylation sites is 2. The molecule has 0 unspecified atom stereocenters. The maximum atomic E-state index is 14.1. The Balaban J connectivity index is 0.976. The molecule has 1 spiro atoms. The molecule has 5 aromatic rings. The number of benzene rings is 3. The van der Waals surface area contributed by atoms with Crippen molar-refractivity contribution in [2.75, 3.05) is 53.3 Å². The van der Waals surface area contributed by atoms with Gasteiger partial charge < -0.3 is 25.2 Å². The minimum Gasteiger partial charge on any atom is -0.381 e. The van der Waals surface area contributed by atoms with Crippen LogP contribution in [0.3, 0.4) is 0 Å². The van der Waals surface area contributed by atoms with Crippen LogP contribution in [0.1, 0.15) is 65.5 Å². The molecule has 0 radical (unpaired) electrons. The van der Waals surface area contributed by atoms with Crippen molar-refractivity contribution in [2.45, 2.75) is 40.0 Å². The standard InChI is InChI=1S/C42H41N5O4S/c1-26-21-33(38(43-23-26)46-24-42(25-46)16-19-51-20-17-42)39(48)44-31-13-11-29(12-14-31)41(50)47-18-15-30-22-35(52-37(30)32-9-4-5-10-34(32)47)40(49)45-36-27(2)7-6-8-28(36)3/h4-14,21-23H,15-20,24-25H2,1-3H3,(H,44,48)(H,45,49). The Hall–Kier alpha value is -5.32. The number of hydrogen-bond donors (Lipinski definition) is 2. The van der Waals surface area contributed by atoms with Gasteiger partial charge in [-0.05, 0) is 105 Å². The molecule has 9 nitrogen and oxygen atoms in total. The number of aryl methyl sites for hydroxylation is 3. The number of hydrogen-bond acceptors (Lipinski definition) is 7. The predicted octanol–water partition coefficient (Wildman–Crippen LogP) is 8.06. The zero-order valence-corrected chi connectivity index (χ0v) is 30.4. The zero-order valence-electron chi connectivity index (χ0n) is 29.6. The Labute approximate surface area is 307 Å². The first-order valence-corrected chi connectivity index (χ1v) is 18.6. The minimum absolute atomic E-state index is 0.126. The van der Waals surface area contributed by atoms with Gasteiger partial charge in [0.1, 0.15) is 5.82 Å². The van der Waals surface area contributed by atoms with Crippen LogP contribution in [0.25, 0.3) is 10.4 Å². The van der Waals surface area contributed by atoms with E-state index < -0.39 is 0 Å². The average molecular weight is 712 g/mol. The Morgan fingerprint density at radius 2 is 1.58 bits per heavy atom. The van der Waals surface area contributed by atoms with Gasteiger partial charge in [0, 0.05) is 71.8 Å². The summed E-state index contributed by atoms with van der Waals surface area (Å²) in [5.41, 5.74) is 8.49. The molecule has 3 aliphatic rings. The van der Waals surface area contributed by atoms with E-state index in [4.69, 9.17) is 4.74 Å². The fraction of sp³-hybridized carbons (Fsp3) is 0.286. The summed E-state index contributed by atoms with van der Waals surface area (Å²) in [6, 6.07) is 24.8. The zero-order chi connectivity index (χ0) is 36.0. The van der Waals surface area contributed by atoms with Gasteiger partial charge in [0.2, 0.25) is 0 Å². The second-order valence-corrected chi connectivity index (χ2v) is 15.3. The molecule has 10 heteroatoms. The van der Waals surface area contributed by atoms with Gasteiger partial charge in [-0.15, -0.1) is 11.3 Å². The molecule has 3 amide bonds. The molecular weight excluding hydrogens is 671 g/mol. The van der Waals surface area contributed by atoms with Gasteiger partial charge in [0.25, 0.3) is 17.7 Å². The first-order chi connectivity index (χ1) is 25.2. The highest BCUT2D eigenvalue weighted by atomic mass is 32.1. The lowest BCUT2D eigenvalue weighted by molar-refractivity contribution is -0.000511. The molecule has 52 heavy (non-hydrogen) atoms. The number of nitrogens with zero attached hydrogens (tertiary/aromatic N) is 3.